The minimum atomic E-state index is -1.63. The Kier molecular flexibility index (Phi) is 5.63. The number of nitrogens with two attached hydrogens (primary N) is 1. The molecule has 2 atom stereocenters. The minimum Gasteiger partial charge on any atom is -0.482 e. The van der Waals surface area contributed by atoms with Gasteiger partial charge in [0.05, 0.1) is 11.6 Å². The van der Waals surface area contributed by atoms with Crippen LogP contribution in [0.25, 0.3) is 0 Å². The molecule has 0 amide bonds. The van der Waals surface area contributed by atoms with Gasteiger partial charge in [0.25, 0.3) is 0 Å². The zero-order chi connectivity index (χ0) is 22.9. The molecule has 0 saturated carbocycles. The Bertz CT molecular complexity index is 1190. The third-order valence-electron chi connectivity index (χ3n) is 5.60. The smallest absolute Gasteiger partial charge is 0.233 e. The molecule has 0 aromatic carbocycles. The molecular weight excluding hydrogens is 408 g/mol. The molecule has 0 radical (unpaired) electrons. The Labute approximate surface area is 185 Å². The van der Waals surface area contributed by atoms with E-state index in [4.69, 9.17) is 10.5 Å². The molecule has 8 heteroatoms. The van der Waals surface area contributed by atoms with E-state index in [0.717, 1.165) is 11.1 Å². The first kappa shape index (κ1) is 21.5. The summed E-state index contributed by atoms with van der Waals surface area (Å²) < 4.78 is 7.02. The molecule has 2 aliphatic heterocycles. The quantitative estimate of drug-likeness (QED) is 0.591. The van der Waals surface area contributed by atoms with Crippen molar-refractivity contribution in [2.45, 2.75) is 25.5 Å². The van der Waals surface area contributed by atoms with Gasteiger partial charge in [0, 0.05) is 40.8 Å². The molecule has 2 unspecified atom stereocenters. The van der Waals surface area contributed by atoms with Gasteiger partial charge in [-0.25, -0.2) is 0 Å². The largest absolute Gasteiger partial charge is 0.482 e. The van der Waals surface area contributed by atoms with Gasteiger partial charge in [0.15, 0.2) is 23.2 Å². The van der Waals surface area contributed by atoms with Crippen LogP contribution in [0.1, 0.15) is 13.8 Å². The van der Waals surface area contributed by atoms with E-state index in [-0.39, 0.29) is 35.9 Å². The predicted octanol–water partition coefficient (Wildman–Crippen LogP) is 2.21. The molecule has 0 fully saturated rings. The second-order valence-electron chi connectivity index (χ2n) is 7.86. The molecule has 0 aromatic rings. The summed E-state index contributed by atoms with van der Waals surface area (Å²) in [5, 5.41) is 0. The topological polar surface area (TPSA) is 114 Å². The van der Waals surface area contributed by atoms with Crippen molar-refractivity contribution < 1.29 is 19.1 Å². The van der Waals surface area contributed by atoms with Crippen LogP contribution in [0.15, 0.2) is 92.5 Å². The van der Waals surface area contributed by atoms with Gasteiger partial charge in [-0.1, -0.05) is 24.3 Å². The van der Waals surface area contributed by atoms with Crippen molar-refractivity contribution in [3.05, 3.63) is 87.4 Å². The lowest BCUT2D eigenvalue weighted by Crippen LogP contribution is -2.50. The van der Waals surface area contributed by atoms with Gasteiger partial charge < -0.3 is 10.5 Å². The average Bonchev–Trinajstić information content (AvgIpc) is 2.90. The van der Waals surface area contributed by atoms with E-state index in [1.54, 1.807) is 32.2 Å². The number of hydrogen-bond acceptors (Lipinski definition) is 7. The van der Waals surface area contributed by atoms with E-state index in [9.17, 15) is 14.5 Å². The first-order valence-electron chi connectivity index (χ1n) is 10.2. The van der Waals surface area contributed by atoms with Crippen molar-refractivity contribution in [1.82, 2.24) is 0 Å². The molecule has 4 rings (SSSR count). The standard InChI is InChI=1S/C24H23N4O4/c1-15-12-20(30)24(25)7-6-17-4-3-5-18-14-27-9-8-26-10-11-28(31)16(2)13-19(29)21(15)23(24)32-22(17)18/h3-9,12-14,22H,10-11,25H2,1-2H3/q+1/b16-13+,18-14+,26-8?,27-9?. The van der Waals surface area contributed by atoms with Crippen LogP contribution in [-0.4, -0.2) is 53.5 Å². The number of rotatable bonds is 0. The highest BCUT2D eigenvalue weighted by atomic mass is 16.5. The summed E-state index contributed by atoms with van der Waals surface area (Å²) in [5.41, 5.74) is 7.21. The molecule has 8 nitrogen and oxygen atoms in total. The maximum absolute atomic E-state index is 13.3. The van der Waals surface area contributed by atoms with Crippen LogP contribution in [0.2, 0.25) is 0 Å². The van der Waals surface area contributed by atoms with Crippen molar-refractivity contribution in [2.75, 3.05) is 13.1 Å². The average molecular weight is 431 g/mol. The monoisotopic (exact) mass is 431 g/mol. The fourth-order valence-corrected chi connectivity index (χ4v) is 3.83. The van der Waals surface area contributed by atoms with Gasteiger partial charge in [-0.2, -0.15) is 0 Å². The summed E-state index contributed by atoms with van der Waals surface area (Å²) in [6.45, 7) is 3.54. The normalized spacial score (nSPS) is 31.2. The fourth-order valence-electron chi connectivity index (χ4n) is 3.83. The van der Waals surface area contributed by atoms with Crippen molar-refractivity contribution in [1.29, 1.82) is 0 Å². The summed E-state index contributed by atoms with van der Waals surface area (Å²) in [5.74, 6) is -0.774. The van der Waals surface area contributed by atoms with Crippen LogP contribution < -0.4 is 5.73 Å². The number of allylic oxidation sites excluding steroid dienone is 6. The third-order valence-corrected chi connectivity index (χ3v) is 5.60. The Morgan fingerprint density at radius 3 is 2.78 bits per heavy atom. The number of ether oxygens (including phenoxy) is 1. The Morgan fingerprint density at radius 2 is 1.97 bits per heavy atom. The lowest BCUT2D eigenvalue weighted by molar-refractivity contribution is -0.495. The highest BCUT2D eigenvalue weighted by Crippen LogP contribution is 2.39. The highest BCUT2D eigenvalue weighted by Gasteiger charge is 2.46. The van der Waals surface area contributed by atoms with Gasteiger partial charge in [-0.15, -0.1) is 0 Å². The van der Waals surface area contributed by atoms with Crippen molar-refractivity contribution in [3.8, 4) is 0 Å². The molecule has 2 N–H and O–H groups in total. The lowest BCUT2D eigenvalue weighted by Gasteiger charge is -2.33. The number of ketones is 2. The summed E-state index contributed by atoms with van der Waals surface area (Å²) >= 11 is 0. The Morgan fingerprint density at radius 1 is 1.16 bits per heavy atom. The van der Waals surface area contributed by atoms with Crippen LogP contribution >= 0.6 is 0 Å². The van der Waals surface area contributed by atoms with Crippen LogP contribution in [0.4, 0.5) is 0 Å². The van der Waals surface area contributed by atoms with Crippen LogP contribution in [-0.2, 0) is 14.3 Å². The zero-order valence-electron chi connectivity index (χ0n) is 17.8. The van der Waals surface area contributed by atoms with Gasteiger partial charge >= 0.3 is 0 Å². The molecular formula is C24H23N4O4+. The number of hydrogen-bond donors (Lipinski definition) is 1. The maximum atomic E-state index is 13.3. The third kappa shape index (κ3) is 3.80. The SMILES string of the molecule is CC1=CC(=O)C2(N)C=CC3=CC=C/C4=C\N=CC=NCC[N+](=O)/C(C)=C/C(=O)C1=C2OC34. The molecule has 0 aromatic heterocycles. The summed E-state index contributed by atoms with van der Waals surface area (Å²) in [4.78, 5) is 46.9. The second kappa shape index (κ2) is 8.39. The maximum Gasteiger partial charge on any atom is 0.233 e. The van der Waals surface area contributed by atoms with E-state index in [0.29, 0.717) is 10.3 Å². The molecule has 32 heavy (non-hydrogen) atoms. The van der Waals surface area contributed by atoms with Crippen LogP contribution in [0.5, 0.6) is 0 Å². The Balaban J connectivity index is 1.94. The molecule has 0 spiro atoms. The number of nitrogens with zero attached hydrogens (tertiary/aromatic N) is 3. The minimum absolute atomic E-state index is 0.0671. The second-order valence-corrected chi connectivity index (χ2v) is 7.86. The highest BCUT2D eigenvalue weighted by molar-refractivity contribution is 6.16. The van der Waals surface area contributed by atoms with Crippen molar-refractivity contribution in [3.63, 3.8) is 0 Å². The number of aliphatic imine (C=N–C) groups is 2. The summed E-state index contributed by atoms with van der Waals surface area (Å²) in [6.07, 6.45) is 15.5. The molecule has 0 saturated heterocycles. The molecule has 2 aliphatic carbocycles. The van der Waals surface area contributed by atoms with Crippen molar-refractivity contribution >= 4 is 24.0 Å². The van der Waals surface area contributed by atoms with Gasteiger partial charge in [-0.05, 0) is 30.2 Å². The van der Waals surface area contributed by atoms with E-state index < -0.39 is 17.4 Å². The van der Waals surface area contributed by atoms with Gasteiger partial charge in [0.1, 0.15) is 12.3 Å². The van der Waals surface area contributed by atoms with E-state index >= 15 is 0 Å². The number of carbonyl (C=O) groups excluding carboxylic acids is 2. The molecule has 162 valence electrons. The Hall–Kier alpha value is -3.78. The fraction of sp³-hybridized carbons (Fsp3) is 0.250. The lowest BCUT2D eigenvalue weighted by atomic mass is 9.80. The first-order valence-corrected chi connectivity index (χ1v) is 10.2. The van der Waals surface area contributed by atoms with E-state index in [1.165, 1.54) is 24.6 Å². The summed E-state index contributed by atoms with van der Waals surface area (Å²) in [6, 6.07) is 0. The number of carbonyl (C=O) groups is 2. The van der Waals surface area contributed by atoms with Gasteiger partial charge in [0.2, 0.25) is 12.2 Å². The van der Waals surface area contributed by atoms with Crippen LogP contribution in [0.3, 0.4) is 0 Å². The van der Waals surface area contributed by atoms with Crippen molar-refractivity contribution in [2.24, 2.45) is 15.7 Å². The zero-order valence-corrected chi connectivity index (χ0v) is 17.8. The number of nitroso groups, excluding NO2 is 1. The van der Waals surface area contributed by atoms with E-state index in [1.807, 2.05) is 18.2 Å². The molecule has 4 aliphatic rings. The van der Waals surface area contributed by atoms with E-state index in [2.05, 4.69) is 9.98 Å². The summed E-state index contributed by atoms with van der Waals surface area (Å²) in [7, 11) is 0. The van der Waals surface area contributed by atoms with Crippen LogP contribution in [0, 0.1) is 4.91 Å². The predicted molar refractivity (Wildman–Crippen MR) is 121 cm³/mol. The molecule has 2 bridgehead atoms. The molecule has 2 heterocycles. The first-order chi connectivity index (χ1) is 15.3. The van der Waals surface area contributed by atoms with Gasteiger partial charge in [-0.3, -0.25) is 19.6 Å².